The fourth-order valence-electron chi connectivity index (χ4n) is 8.32. The fourth-order valence-corrected chi connectivity index (χ4v) is 8.32. The molecule has 2 N–H and O–H groups in total. The van der Waals surface area contributed by atoms with E-state index in [1.54, 1.807) is 7.11 Å². The van der Waals surface area contributed by atoms with Crippen molar-refractivity contribution in [2.75, 3.05) is 32.6 Å². The fraction of sp³-hybridized carbons (Fsp3) is 0.682. The zero-order valence-corrected chi connectivity index (χ0v) is 16.6. The van der Waals surface area contributed by atoms with Gasteiger partial charge >= 0.3 is 5.97 Å². The number of benzene rings is 1. The molecule has 0 aromatic heterocycles. The normalized spacial score (nSPS) is 45.0. The van der Waals surface area contributed by atoms with Crippen LogP contribution >= 0.6 is 0 Å². The number of fused-ring (bicyclic) bond motifs is 3. The first-order valence-electron chi connectivity index (χ1n) is 10.5. The second-order valence-electron chi connectivity index (χ2n) is 9.57. The van der Waals surface area contributed by atoms with E-state index in [1.807, 2.05) is 12.1 Å². The molecule has 28 heavy (non-hydrogen) atoms. The van der Waals surface area contributed by atoms with Crippen molar-refractivity contribution in [3.05, 3.63) is 23.8 Å². The molecule has 3 heterocycles. The maximum Gasteiger partial charge on any atom is 0.340 e. The highest BCUT2D eigenvalue weighted by molar-refractivity contribution is 5.88. The Morgan fingerprint density at radius 2 is 2.07 bits per heavy atom. The van der Waals surface area contributed by atoms with Crippen LogP contribution in [0.2, 0.25) is 0 Å². The summed E-state index contributed by atoms with van der Waals surface area (Å²) >= 11 is 0. The summed E-state index contributed by atoms with van der Waals surface area (Å²) in [4.78, 5) is 15.8. The van der Waals surface area contributed by atoms with Crippen molar-refractivity contribution in [1.29, 1.82) is 0 Å². The molecule has 0 radical (unpaired) electrons. The number of piperidine rings is 1. The lowest BCUT2D eigenvalue weighted by Crippen LogP contribution is -2.83. The molecule has 5 unspecified atom stereocenters. The van der Waals surface area contributed by atoms with Gasteiger partial charge in [-0.25, -0.2) is 4.79 Å². The molecule has 150 valence electrons. The Morgan fingerprint density at radius 1 is 1.21 bits per heavy atom. The van der Waals surface area contributed by atoms with Crippen LogP contribution in [0.5, 0.6) is 5.75 Å². The van der Waals surface area contributed by atoms with Gasteiger partial charge in [0.05, 0.1) is 25.4 Å². The third-order valence-electron chi connectivity index (χ3n) is 8.99. The summed E-state index contributed by atoms with van der Waals surface area (Å²) in [5.74, 6) is 0.294. The molecule has 3 spiro atoms. The highest BCUT2D eigenvalue weighted by Crippen LogP contribution is 2.75. The number of methoxy groups -OCH3 is 2. The minimum atomic E-state index is -1.53. The molecule has 5 atom stereocenters. The van der Waals surface area contributed by atoms with Crippen molar-refractivity contribution in [3.8, 4) is 5.75 Å². The predicted molar refractivity (Wildman–Crippen MR) is 103 cm³/mol. The SMILES string of the molecule is COC(=O)C1(O)CC23CCCN4CCC5(c6cccc(OC)c6NC15CC2)C43. The van der Waals surface area contributed by atoms with Crippen LogP contribution in [0.4, 0.5) is 5.69 Å². The Morgan fingerprint density at radius 3 is 2.86 bits per heavy atom. The summed E-state index contributed by atoms with van der Waals surface area (Å²) in [6.45, 7) is 2.13. The van der Waals surface area contributed by atoms with Crippen LogP contribution in [0, 0.1) is 5.41 Å². The van der Waals surface area contributed by atoms with Gasteiger partial charge in [0.15, 0.2) is 5.60 Å². The summed E-state index contributed by atoms with van der Waals surface area (Å²) in [5, 5.41) is 15.8. The van der Waals surface area contributed by atoms with E-state index >= 15 is 0 Å². The van der Waals surface area contributed by atoms with Crippen LogP contribution < -0.4 is 10.1 Å². The molecule has 3 saturated carbocycles. The lowest BCUT2D eigenvalue weighted by molar-refractivity contribution is -0.223. The molecular formula is C22H28N2O4. The number of nitrogens with one attached hydrogen (secondary N) is 1. The molecule has 6 nitrogen and oxygen atoms in total. The maximum absolute atomic E-state index is 13.1. The van der Waals surface area contributed by atoms with Crippen molar-refractivity contribution >= 4 is 11.7 Å². The smallest absolute Gasteiger partial charge is 0.340 e. The molecule has 2 bridgehead atoms. The standard InChI is InChI=1S/C22H28N2O4/c1-27-15-6-3-5-14-16(15)23-22-9-8-19(13-21(22,26)18(25)28-2)7-4-11-24-12-10-20(14,22)17(19)24/h3,5-6,17,23,26H,4,7-13H2,1-2H3. The summed E-state index contributed by atoms with van der Waals surface area (Å²) in [6, 6.07) is 6.55. The maximum atomic E-state index is 13.1. The van der Waals surface area contributed by atoms with Crippen molar-refractivity contribution < 1.29 is 19.4 Å². The van der Waals surface area contributed by atoms with Gasteiger partial charge < -0.3 is 19.9 Å². The molecule has 3 aliphatic heterocycles. The number of para-hydroxylation sites is 1. The second kappa shape index (κ2) is 5.03. The van der Waals surface area contributed by atoms with Crippen molar-refractivity contribution in [1.82, 2.24) is 4.90 Å². The minimum Gasteiger partial charge on any atom is -0.495 e. The molecule has 2 saturated heterocycles. The van der Waals surface area contributed by atoms with Gasteiger partial charge in [-0.2, -0.15) is 0 Å². The summed E-state index contributed by atoms with van der Waals surface area (Å²) in [5.41, 5.74) is -0.441. The summed E-state index contributed by atoms with van der Waals surface area (Å²) < 4.78 is 10.9. The first-order chi connectivity index (χ1) is 13.5. The predicted octanol–water partition coefficient (Wildman–Crippen LogP) is 2.05. The molecule has 0 amide bonds. The Bertz CT molecular complexity index is 889. The summed E-state index contributed by atoms with van der Waals surface area (Å²) in [6.07, 6.45) is 5.46. The van der Waals surface area contributed by atoms with E-state index < -0.39 is 17.1 Å². The van der Waals surface area contributed by atoms with Gasteiger partial charge in [-0.3, -0.25) is 4.90 Å². The van der Waals surface area contributed by atoms with Gasteiger partial charge in [0.25, 0.3) is 0 Å². The Balaban J connectivity index is 1.68. The average Bonchev–Trinajstić information content (AvgIpc) is 3.26. The van der Waals surface area contributed by atoms with Gasteiger partial charge in [0.2, 0.25) is 0 Å². The van der Waals surface area contributed by atoms with Crippen molar-refractivity contribution in [2.45, 2.75) is 61.1 Å². The Hall–Kier alpha value is -1.79. The third kappa shape index (κ3) is 1.50. The zero-order chi connectivity index (χ0) is 19.4. The quantitative estimate of drug-likeness (QED) is 0.761. The topological polar surface area (TPSA) is 71.0 Å². The Kier molecular flexibility index (Phi) is 3.07. The first kappa shape index (κ1) is 17.1. The lowest BCUT2D eigenvalue weighted by atomic mass is 9.37. The highest BCUT2D eigenvalue weighted by Gasteiger charge is 2.84. The van der Waals surface area contributed by atoms with E-state index in [9.17, 15) is 9.90 Å². The van der Waals surface area contributed by atoms with Gasteiger partial charge in [-0.05, 0) is 68.7 Å². The first-order valence-corrected chi connectivity index (χ1v) is 10.5. The van der Waals surface area contributed by atoms with E-state index in [0.717, 1.165) is 56.6 Å². The molecule has 5 fully saturated rings. The van der Waals surface area contributed by atoms with E-state index in [4.69, 9.17) is 9.47 Å². The zero-order valence-electron chi connectivity index (χ0n) is 16.6. The molecule has 1 aromatic rings. The van der Waals surface area contributed by atoms with Gasteiger partial charge in [-0.15, -0.1) is 0 Å². The molecule has 1 aromatic carbocycles. The largest absolute Gasteiger partial charge is 0.495 e. The van der Waals surface area contributed by atoms with E-state index in [2.05, 4.69) is 16.3 Å². The minimum absolute atomic E-state index is 0.0359. The number of hydrogen-bond acceptors (Lipinski definition) is 6. The van der Waals surface area contributed by atoms with E-state index in [1.165, 1.54) is 12.7 Å². The highest BCUT2D eigenvalue weighted by atomic mass is 16.5. The van der Waals surface area contributed by atoms with E-state index in [0.29, 0.717) is 12.5 Å². The molecule has 3 aliphatic carbocycles. The number of hydrogen-bond donors (Lipinski definition) is 2. The third-order valence-corrected chi connectivity index (χ3v) is 8.99. The molecule has 6 heteroatoms. The van der Waals surface area contributed by atoms with Crippen molar-refractivity contribution in [2.24, 2.45) is 5.41 Å². The van der Waals surface area contributed by atoms with Gasteiger partial charge in [0.1, 0.15) is 5.75 Å². The van der Waals surface area contributed by atoms with Crippen LogP contribution in [0.25, 0.3) is 0 Å². The van der Waals surface area contributed by atoms with Gasteiger partial charge in [0, 0.05) is 11.5 Å². The summed E-state index contributed by atoms with van der Waals surface area (Å²) in [7, 11) is 3.08. The molecule has 7 rings (SSSR count). The van der Waals surface area contributed by atoms with E-state index in [-0.39, 0.29) is 10.8 Å². The van der Waals surface area contributed by atoms with Crippen molar-refractivity contribution in [3.63, 3.8) is 0 Å². The Labute approximate surface area is 165 Å². The number of nitrogens with zero attached hydrogens (tertiary/aromatic N) is 1. The molecule has 6 aliphatic rings. The van der Waals surface area contributed by atoms with Crippen LogP contribution in [0.3, 0.4) is 0 Å². The van der Waals surface area contributed by atoms with Crippen LogP contribution in [-0.4, -0.2) is 60.5 Å². The number of carbonyl (C=O) groups is 1. The number of aliphatic hydroxyl groups is 1. The number of rotatable bonds is 2. The van der Waals surface area contributed by atoms with Gasteiger partial charge in [-0.1, -0.05) is 12.1 Å². The van der Waals surface area contributed by atoms with Crippen LogP contribution in [0.15, 0.2) is 18.2 Å². The number of anilines is 1. The molecular weight excluding hydrogens is 356 g/mol. The van der Waals surface area contributed by atoms with Crippen LogP contribution in [0.1, 0.15) is 44.1 Å². The second-order valence-corrected chi connectivity index (χ2v) is 9.57. The number of carbonyl (C=O) groups excluding carboxylic acids is 1. The number of ether oxygens (including phenoxy) is 2. The average molecular weight is 384 g/mol. The monoisotopic (exact) mass is 384 g/mol. The van der Waals surface area contributed by atoms with Crippen LogP contribution in [-0.2, 0) is 14.9 Å². The lowest BCUT2D eigenvalue weighted by Gasteiger charge is -2.71. The number of esters is 1.